The van der Waals surface area contributed by atoms with Gasteiger partial charge >= 0.3 is 0 Å². The molecular formula is C23H25ClF3N5O2. The summed E-state index contributed by atoms with van der Waals surface area (Å²) < 4.78 is 46.5. The van der Waals surface area contributed by atoms with Crippen molar-refractivity contribution in [3.05, 3.63) is 51.7 Å². The van der Waals surface area contributed by atoms with E-state index in [0.29, 0.717) is 43.4 Å². The van der Waals surface area contributed by atoms with Gasteiger partial charge in [-0.3, -0.25) is 9.69 Å². The number of fused-ring (bicyclic) bond motifs is 2. The van der Waals surface area contributed by atoms with Gasteiger partial charge in [0, 0.05) is 23.7 Å². The van der Waals surface area contributed by atoms with Gasteiger partial charge in [0.05, 0.1) is 49.5 Å². The van der Waals surface area contributed by atoms with E-state index in [1.54, 1.807) is 11.8 Å². The standard InChI is InChI=1S/C23H25ClF3N5O2/c1-12(13-3-2-4-15(19(13)25)20(26)27)28-21-16-9-32(10-17(16)29-23(24)30-21)22(33)14-5-6-31-7-8-34-11-18(14)31/h2-4,12,14,18,20H,5-11H2,1H3,(H,28,29,30)/t12-,14?,18?/m1/s1. The molecule has 2 fully saturated rings. The van der Waals surface area contributed by atoms with Gasteiger partial charge in [-0.1, -0.05) is 18.2 Å². The number of rotatable bonds is 5. The first kappa shape index (κ1) is 23.3. The maximum absolute atomic E-state index is 14.7. The van der Waals surface area contributed by atoms with Crippen molar-refractivity contribution < 1.29 is 22.7 Å². The molecule has 0 radical (unpaired) electrons. The summed E-state index contributed by atoms with van der Waals surface area (Å²) in [5, 5.41) is 3.09. The lowest BCUT2D eigenvalue weighted by molar-refractivity contribution is -0.138. The lowest BCUT2D eigenvalue weighted by Gasteiger charge is -2.33. The Morgan fingerprint density at radius 2 is 2.03 bits per heavy atom. The third-order valence-corrected chi connectivity index (χ3v) is 7.14. The summed E-state index contributed by atoms with van der Waals surface area (Å²) in [5.74, 6) is -0.679. The van der Waals surface area contributed by atoms with Crippen LogP contribution in [0, 0.1) is 11.7 Å². The maximum atomic E-state index is 14.7. The van der Waals surface area contributed by atoms with E-state index in [9.17, 15) is 18.0 Å². The number of carbonyl (C=O) groups excluding carboxylic acids is 1. The summed E-state index contributed by atoms with van der Waals surface area (Å²) >= 11 is 6.14. The molecule has 34 heavy (non-hydrogen) atoms. The van der Waals surface area contributed by atoms with E-state index >= 15 is 0 Å². The topological polar surface area (TPSA) is 70.6 Å². The van der Waals surface area contributed by atoms with Gasteiger partial charge in [0.2, 0.25) is 11.2 Å². The number of anilines is 1. The highest BCUT2D eigenvalue weighted by Gasteiger charge is 2.43. The highest BCUT2D eigenvalue weighted by Crippen LogP contribution is 2.35. The van der Waals surface area contributed by atoms with E-state index in [1.807, 2.05) is 0 Å². The number of morpholine rings is 1. The quantitative estimate of drug-likeness (QED) is 0.634. The molecule has 1 aromatic heterocycles. The number of hydrogen-bond donors (Lipinski definition) is 1. The predicted octanol–water partition coefficient (Wildman–Crippen LogP) is 3.94. The number of aromatic nitrogens is 2. The van der Waals surface area contributed by atoms with Crippen molar-refractivity contribution in [3.63, 3.8) is 0 Å². The van der Waals surface area contributed by atoms with Gasteiger partial charge < -0.3 is 15.0 Å². The Labute approximate surface area is 200 Å². The molecule has 2 aromatic rings. The molecule has 3 aliphatic rings. The molecule has 182 valence electrons. The molecule has 1 aromatic carbocycles. The fraction of sp³-hybridized carbons (Fsp3) is 0.522. The number of amides is 1. The Hall–Kier alpha value is -2.43. The molecule has 3 atom stereocenters. The van der Waals surface area contributed by atoms with Crippen LogP contribution in [0.2, 0.25) is 5.28 Å². The van der Waals surface area contributed by atoms with Crippen molar-refractivity contribution in [3.8, 4) is 0 Å². The zero-order chi connectivity index (χ0) is 24.0. The molecule has 2 saturated heterocycles. The largest absolute Gasteiger partial charge is 0.378 e. The number of halogens is 4. The summed E-state index contributed by atoms with van der Waals surface area (Å²) in [4.78, 5) is 26.0. The van der Waals surface area contributed by atoms with Crippen LogP contribution >= 0.6 is 11.6 Å². The number of carbonyl (C=O) groups is 1. The Morgan fingerprint density at radius 1 is 1.24 bits per heavy atom. The Morgan fingerprint density at radius 3 is 2.82 bits per heavy atom. The molecule has 4 heterocycles. The maximum Gasteiger partial charge on any atom is 0.266 e. The monoisotopic (exact) mass is 495 g/mol. The van der Waals surface area contributed by atoms with E-state index < -0.39 is 23.8 Å². The first-order chi connectivity index (χ1) is 16.3. The second-order valence-electron chi connectivity index (χ2n) is 8.95. The SMILES string of the molecule is C[C@@H](Nc1nc(Cl)nc2c1CN(C(=O)C1CCN3CCOCC13)C2)c1cccc(C(F)F)c1F. The summed E-state index contributed by atoms with van der Waals surface area (Å²) in [6, 6.07) is 3.34. The van der Waals surface area contributed by atoms with Crippen LogP contribution in [0.4, 0.5) is 19.0 Å². The first-order valence-corrected chi connectivity index (χ1v) is 11.7. The lowest BCUT2D eigenvalue weighted by atomic mass is 9.98. The van der Waals surface area contributed by atoms with E-state index in [-0.39, 0.29) is 28.7 Å². The van der Waals surface area contributed by atoms with Crippen LogP contribution in [0.25, 0.3) is 0 Å². The minimum atomic E-state index is -2.91. The Kier molecular flexibility index (Phi) is 6.39. The van der Waals surface area contributed by atoms with E-state index in [4.69, 9.17) is 16.3 Å². The Balaban J connectivity index is 1.35. The molecule has 3 aliphatic heterocycles. The lowest BCUT2D eigenvalue weighted by Crippen LogP contribution is -2.47. The van der Waals surface area contributed by atoms with Crippen molar-refractivity contribution in [1.82, 2.24) is 19.8 Å². The third-order valence-electron chi connectivity index (χ3n) is 6.97. The fourth-order valence-electron chi connectivity index (χ4n) is 5.18. The van der Waals surface area contributed by atoms with Crippen molar-refractivity contribution in [1.29, 1.82) is 0 Å². The van der Waals surface area contributed by atoms with Crippen molar-refractivity contribution in [2.24, 2.45) is 5.92 Å². The molecule has 0 spiro atoms. The second-order valence-corrected chi connectivity index (χ2v) is 9.29. The first-order valence-electron chi connectivity index (χ1n) is 11.3. The third kappa shape index (κ3) is 4.23. The number of alkyl halides is 2. The highest BCUT2D eigenvalue weighted by atomic mass is 35.5. The van der Waals surface area contributed by atoms with Crippen molar-refractivity contribution in [2.45, 2.75) is 44.9 Å². The van der Waals surface area contributed by atoms with E-state index in [2.05, 4.69) is 20.2 Å². The molecule has 0 aliphatic carbocycles. The van der Waals surface area contributed by atoms with Crippen LogP contribution in [-0.2, 0) is 22.6 Å². The summed E-state index contributed by atoms with van der Waals surface area (Å²) in [6.45, 7) is 5.22. The molecule has 5 rings (SSSR count). The van der Waals surface area contributed by atoms with Crippen LogP contribution < -0.4 is 5.32 Å². The molecule has 7 nitrogen and oxygen atoms in total. The number of ether oxygens (including phenoxy) is 1. The number of nitrogens with zero attached hydrogens (tertiary/aromatic N) is 4. The average Bonchev–Trinajstić information content (AvgIpc) is 3.43. The normalized spacial score (nSPS) is 23.2. The number of nitrogens with one attached hydrogen (secondary N) is 1. The second kappa shape index (κ2) is 9.31. The van der Waals surface area contributed by atoms with Gasteiger partial charge in [0.1, 0.15) is 11.6 Å². The van der Waals surface area contributed by atoms with Gasteiger partial charge in [-0.2, -0.15) is 0 Å². The number of hydrogen-bond acceptors (Lipinski definition) is 6. The molecule has 2 unspecified atom stereocenters. The minimum absolute atomic E-state index is 0.00252. The zero-order valence-corrected chi connectivity index (χ0v) is 19.4. The fourth-order valence-corrected chi connectivity index (χ4v) is 5.37. The van der Waals surface area contributed by atoms with Gasteiger partial charge in [-0.05, 0) is 31.5 Å². The summed E-state index contributed by atoms with van der Waals surface area (Å²) in [5.41, 5.74) is 0.770. The Bertz CT molecular complexity index is 1100. The molecule has 1 amide bonds. The molecule has 0 saturated carbocycles. The minimum Gasteiger partial charge on any atom is -0.378 e. The molecule has 0 bridgehead atoms. The van der Waals surface area contributed by atoms with Crippen LogP contribution in [0.15, 0.2) is 18.2 Å². The zero-order valence-electron chi connectivity index (χ0n) is 18.6. The molecule has 11 heteroatoms. The highest BCUT2D eigenvalue weighted by molar-refractivity contribution is 6.28. The average molecular weight is 496 g/mol. The van der Waals surface area contributed by atoms with Crippen molar-refractivity contribution >= 4 is 23.3 Å². The summed E-state index contributed by atoms with van der Waals surface area (Å²) in [6.07, 6.45) is -2.13. The predicted molar refractivity (Wildman–Crippen MR) is 119 cm³/mol. The van der Waals surface area contributed by atoms with E-state index in [0.717, 1.165) is 25.6 Å². The van der Waals surface area contributed by atoms with Gasteiger partial charge in [-0.15, -0.1) is 0 Å². The molecule has 1 N–H and O–H groups in total. The van der Waals surface area contributed by atoms with Crippen LogP contribution in [-0.4, -0.2) is 58.0 Å². The van der Waals surface area contributed by atoms with Crippen LogP contribution in [0.1, 0.15) is 48.2 Å². The smallest absolute Gasteiger partial charge is 0.266 e. The van der Waals surface area contributed by atoms with Gasteiger partial charge in [-0.25, -0.2) is 23.1 Å². The summed E-state index contributed by atoms with van der Waals surface area (Å²) in [7, 11) is 0. The van der Waals surface area contributed by atoms with Crippen LogP contribution in [0.5, 0.6) is 0 Å². The number of benzene rings is 1. The van der Waals surface area contributed by atoms with Crippen LogP contribution in [0.3, 0.4) is 0 Å². The van der Waals surface area contributed by atoms with Gasteiger partial charge in [0.15, 0.2) is 0 Å². The molecular weight excluding hydrogens is 471 g/mol. The van der Waals surface area contributed by atoms with Crippen molar-refractivity contribution in [2.75, 3.05) is 31.6 Å². The van der Waals surface area contributed by atoms with E-state index in [1.165, 1.54) is 12.1 Å². The van der Waals surface area contributed by atoms with Gasteiger partial charge in [0.25, 0.3) is 6.43 Å².